The number of rotatable bonds is 3. The summed E-state index contributed by atoms with van der Waals surface area (Å²) in [7, 11) is 1.62. The van der Waals surface area contributed by atoms with Gasteiger partial charge in [-0.25, -0.2) is 0 Å². The Morgan fingerprint density at radius 3 is 2.11 bits per heavy atom. The van der Waals surface area contributed by atoms with Crippen LogP contribution in [-0.2, 0) is 10.8 Å². The lowest BCUT2D eigenvalue weighted by Crippen LogP contribution is -2.17. The molecule has 1 N–H and O–H groups in total. The van der Waals surface area contributed by atoms with Crippen LogP contribution in [0.5, 0.6) is 11.5 Å². The number of hydrogen-bond donors (Lipinski definition) is 1. The zero-order valence-corrected chi connectivity index (χ0v) is 17.6. The molecule has 0 unspecified atom stereocenters. The van der Waals surface area contributed by atoms with Crippen molar-refractivity contribution in [2.24, 2.45) is 0 Å². The van der Waals surface area contributed by atoms with Gasteiger partial charge in [0.2, 0.25) is 5.82 Å². The van der Waals surface area contributed by atoms with Crippen molar-refractivity contribution in [2.45, 2.75) is 52.4 Å². The van der Waals surface area contributed by atoms with E-state index in [0.717, 1.165) is 22.4 Å². The molecular weight excluding hydrogens is 352 g/mol. The summed E-state index contributed by atoms with van der Waals surface area (Å²) in [4.78, 5) is 4.53. The SMILES string of the molecule is COc1ccc(-c2noc(-c3cc(C(C)(C)C)cc(C(C)(C)C)c3O)n2)cc1. The van der Waals surface area contributed by atoms with Gasteiger partial charge in [-0.05, 0) is 46.7 Å². The minimum absolute atomic E-state index is 0.0821. The van der Waals surface area contributed by atoms with Crippen molar-refractivity contribution in [2.75, 3.05) is 7.11 Å². The van der Waals surface area contributed by atoms with E-state index in [1.807, 2.05) is 30.3 Å². The molecule has 1 aromatic heterocycles. The molecule has 0 saturated heterocycles. The lowest BCUT2D eigenvalue weighted by Gasteiger charge is -2.26. The number of nitrogens with zero attached hydrogens (tertiary/aromatic N) is 2. The second-order valence-corrected chi connectivity index (χ2v) is 9.07. The zero-order valence-electron chi connectivity index (χ0n) is 17.6. The molecule has 5 nitrogen and oxygen atoms in total. The minimum Gasteiger partial charge on any atom is -0.507 e. The van der Waals surface area contributed by atoms with Crippen molar-refractivity contribution in [3.05, 3.63) is 47.5 Å². The number of hydrogen-bond acceptors (Lipinski definition) is 5. The van der Waals surface area contributed by atoms with Gasteiger partial charge in [0.1, 0.15) is 11.5 Å². The van der Waals surface area contributed by atoms with E-state index in [1.165, 1.54) is 0 Å². The first-order chi connectivity index (χ1) is 13.0. The van der Waals surface area contributed by atoms with E-state index in [9.17, 15) is 5.11 Å². The Balaban J connectivity index is 2.11. The molecule has 3 aromatic rings. The molecule has 0 spiro atoms. The molecule has 1 heterocycles. The summed E-state index contributed by atoms with van der Waals surface area (Å²) in [5.74, 6) is 1.72. The predicted octanol–water partition coefficient (Wildman–Crippen LogP) is 5.71. The number of phenols is 1. The molecule has 0 bridgehead atoms. The molecule has 2 aromatic carbocycles. The Kier molecular flexibility index (Phi) is 4.96. The van der Waals surface area contributed by atoms with E-state index in [0.29, 0.717) is 17.3 Å². The minimum atomic E-state index is -0.223. The molecule has 0 radical (unpaired) electrons. The highest BCUT2D eigenvalue weighted by Gasteiger charge is 2.27. The predicted molar refractivity (Wildman–Crippen MR) is 111 cm³/mol. The first-order valence-electron chi connectivity index (χ1n) is 9.37. The molecule has 0 aliphatic carbocycles. The smallest absolute Gasteiger partial charge is 0.262 e. The van der Waals surface area contributed by atoms with Crippen molar-refractivity contribution in [3.8, 4) is 34.3 Å². The van der Waals surface area contributed by atoms with Crippen LogP contribution in [0.25, 0.3) is 22.8 Å². The van der Waals surface area contributed by atoms with Gasteiger partial charge in [-0.15, -0.1) is 0 Å². The Hall–Kier alpha value is -2.82. The fraction of sp³-hybridized carbons (Fsp3) is 0.391. The molecule has 0 aliphatic rings. The van der Waals surface area contributed by atoms with E-state index < -0.39 is 0 Å². The van der Waals surface area contributed by atoms with Gasteiger partial charge < -0.3 is 14.4 Å². The van der Waals surface area contributed by atoms with E-state index >= 15 is 0 Å². The Morgan fingerprint density at radius 1 is 0.929 bits per heavy atom. The lowest BCUT2D eigenvalue weighted by atomic mass is 9.79. The maximum atomic E-state index is 11.0. The summed E-state index contributed by atoms with van der Waals surface area (Å²) in [6.07, 6.45) is 0. The monoisotopic (exact) mass is 380 g/mol. The van der Waals surface area contributed by atoms with E-state index in [1.54, 1.807) is 7.11 Å². The normalized spacial score (nSPS) is 12.2. The van der Waals surface area contributed by atoms with Gasteiger partial charge in [-0.2, -0.15) is 4.98 Å². The molecule has 5 heteroatoms. The molecular formula is C23H28N2O3. The molecule has 0 saturated carbocycles. The van der Waals surface area contributed by atoms with E-state index in [4.69, 9.17) is 9.26 Å². The summed E-state index contributed by atoms with van der Waals surface area (Å²) in [6.45, 7) is 12.7. The zero-order chi connectivity index (χ0) is 20.7. The fourth-order valence-corrected chi connectivity index (χ4v) is 2.99. The van der Waals surface area contributed by atoms with Crippen LogP contribution in [0, 0.1) is 0 Å². The van der Waals surface area contributed by atoms with Crippen LogP contribution < -0.4 is 4.74 Å². The van der Waals surface area contributed by atoms with Crippen LogP contribution in [0.4, 0.5) is 0 Å². The Morgan fingerprint density at radius 2 is 1.57 bits per heavy atom. The topological polar surface area (TPSA) is 68.4 Å². The van der Waals surface area contributed by atoms with Crippen molar-refractivity contribution in [1.29, 1.82) is 0 Å². The number of phenolic OH excluding ortho intramolecular Hbond substituents is 1. The molecule has 0 amide bonds. The van der Waals surface area contributed by atoms with Crippen molar-refractivity contribution >= 4 is 0 Å². The van der Waals surface area contributed by atoms with Crippen molar-refractivity contribution in [1.82, 2.24) is 10.1 Å². The van der Waals surface area contributed by atoms with Crippen molar-refractivity contribution in [3.63, 3.8) is 0 Å². The molecule has 3 rings (SSSR count). The van der Waals surface area contributed by atoms with Gasteiger partial charge in [-0.3, -0.25) is 0 Å². The molecule has 0 atom stereocenters. The third-order valence-electron chi connectivity index (χ3n) is 4.79. The standard InChI is InChI=1S/C23H28N2O3/c1-22(2,3)15-12-17(19(26)18(13-15)23(4,5)6)21-24-20(25-28-21)14-8-10-16(27-7)11-9-14/h8-13,26H,1-7H3. The van der Waals surface area contributed by atoms with Crippen LogP contribution in [0.1, 0.15) is 52.7 Å². The number of benzene rings is 2. The molecule has 0 fully saturated rings. The summed E-state index contributed by atoms with van der Waals surface area (Å²) in [6, 6.07) is 11.5. The van der Waals surface area contributed by atoms with Gasteiger partial charge >= 0.3 is 0 Å². The quantitative estimate of drug-likeness (QED) is 0.630. The number of methoxy groups -OCH3 is 1. The fourth-order valence-electron chi connectivity index (χ4n) is 2.99. The van der Waals surface area contributed by atoms with Gasteiger partial charge in [0.15, 0.2) is 0 Å². The largest absolute Gasteiger partial charge is 0.507 e. The van der Waals surface area contributed by atoms with Gasteiger partial charge in [0, 0.05) is 11.1 Å². The second kappa shape index (κ2) is 6.97. The molecule has 0 aliphatic heterocycles. The Labute approximate surface area is 166 Å². The summed E-state index contributed by atoms with van der Waals surface area (Å²) in [5.41, 5.74) is 3.04. The summed E-state index contributed by atoms with van der Waals surface area (Å²) in [5, 5.41) is 15.1. The van der Waals surface area contributed by atoms with Crippen LogP contribution in [0.15, 0.2) is 40.9 Å². The summed E-state index contributed by atoms with van der Waals surface area (Å²) >= 11 is 0. The number of aromatic hydroxyl groups is 1. The Bertz CT molecular complexity index is 975. The van der Waals surface area contributed by atoms with Gasteiger partial charge in [0.05, 0.1) is 12.7 Å². The highest BCUT2D eigenvalue weighted by Crippen LogP contribution is 2.41. The molecule has 148 valence electrons. The van der Waals surface area contributed by atoms with Gasteiger partial charge in [-0.1, -0.05) is 52.8 Å². The van der Waals surface area contributed by atoms with Crippen LogP contribution >= 0.6 is 0 Å². The van der Waals surface area contributed by atoms with Gasteiger partial charge in [0.25, 0.3) is 5.89 Å². The van der Waals surface area contributed by atoms with E-state index in [-0.39, 0.29) is 16.6 Å². The van der Waals surface area contributed by atoms with E-state index in [2.05, 4.69) is 57.7 Å². The third kappa shape index (κ3) is 3.88. The lowest BCUT2D eigenvalue weighted by molar-refractivity contribution is 0.414. The molecule has 28 heavy (non-hydrogen) atoms. The third-order valence-corrected chi connectivity index (χ3v) is 4.79. The van der Waals surface area contributed by atoms with Crippen LogP contribution in [0.3, 0.4) is 0 Å². The maximum Gasteiger partial charge on any atom is 0.262 e. The maximum absolute atomic E-state index is 11.0. The highest BCUT2D eigenvalue weighted by atomic mass is 16.5. The van der Waals surface area contributed by atoms with Crippen molar-refractivity contribution < 1.29 is 14.4 Å². The number of ether oxygens (including phenoxy) is 1. The van der Waals surface area contributed by atoms with Crippen LogP contribution in [0.2, 0.25) is 0 Å². The van der Waals surface area contributed by atoms with Crippen LogP contribution in [-0.4, -0.2) is 22.4 Å². The first kappa shape index (κ1) is 19.9. The summed E-state index contributed by atoms with van der Waals surface area (Å²) < 4.78 is 10.7. The second-order valence-electron chi connectivity index (χ2n) is 9.07. The average molecular weight is 380 g/mol. The average Bonchev–Trinajstić information content (AvgIpc) is 3.10. The first-order valence-corrected chi connectivity index (χ1v) is 9.37. The highest BCUT2D eigenvalue weighted by molar-refractivity contribution is 5.69. The number of aromatic nitrogens is 2.